The van der Waals surface area contributed by atoms with Crippen LogP contribution >= 0.6 is 0 Å². The van der Waals surface area contributed by atoms with Gasteiger partial charge in [-0.05, 0) is 68.2 Å². The third-order valence-electron chi connectivity index (χ3n) is 3.67. The molecule has 1 N–H and O–H groups in total. The highest BCUT2D eigenvalue weighted by atomic mass is 14.8. The quantitative estimate of drug-likeness (QED) is 0.679. The number of benzene rings is 1. The fraction of sp³-hybridized carbons (Fsp3) is 0.647. The summed E-state index contributed by atoms with van der Waals surface area (Å²) in [6.07, 6.45) is 6.69. The summed E-state index contributed by atoms with van der Waals surface area (Å²) in [5.41, 5.74) is 3.23. The van der Waals surface area contributed by atoms with Gasteiger partial charge in [-0.25, -0.2) is 0 Å². The minimum atomic E-state index is 0.764. The second-order valence-corrected chi connectivity index (χ2v) is 6.03. The molecule has 1 heteroatoms. The van der Waals surface area contributed by atoms with Crippen LogP contribution in [0.25, 0.3) is 0 Å². The molecule has 1 aromatic rings. The molecule has 0 aromatic heterocycles. The van der Waals surface area contributed by atoms with E-state index in [1.807, 2.05) is 0 Å². The van der Waals surface area contributed by atoms with Crippen molar-refractivity contribution in [2.45, 2.75) is 51.9 Å². The molecule has 1 aliphatic carbocycles. The van der Waals surface area contributed by atoms with E-state index >= 15 is 0 Å². The fourth-order valence-electron chi connectivity index (χ4n) is 2.51. The summed E-state index contributed by atoms with van der Waals surface area (Å²) in [5, 5.41) is 3.52. The highest BCUT2D eigenvalue weighted by Gasteiger charge is 2.25. The van der Waals surface area contributed by atoms with Gasteiger partial charge in [-0.3, -0.25) is 0 Å². The molecule has 0 heterocycles. The molecule has 0 spiro atoms. The number of nitrogens with one attached hydrogen (secondary N) is 1. The first-order valence-electron chi connectivity index (χ1n) is 7.56. The first kappa shape index (κ1) is 13.6. The summed E-state index contributed by atoms with van der Waals surface area (Å²) in [6, 6.07) is 9.05. The normalized spacial score (nSPS) is 15.3. The van der Waals surface area contributed by atoms with Crippen molar-refractivity contribution in [1.29, 1.82) is 0 Å². The predicted molar refractivity (Wildman–Crippen MR) is 79.1 cm³/mol. The number of hydrogen-bond acceptors (Lipinski definition) is 1. The molecule has 1 nitrogen and oxygen atoms in total. The molecule has 1 fully saturated rings. The van der Waals surface area contributed by atoms with Crippen LogP contribution in [0.3, 0.4) is 0 Å². The minimum absolute atomic E-state index is 0.764. The predicted octanol–water partition coefficient (Wildman–Crippen LogP) is 4.13. The van der Waals surface area contributed by atoms with Gasteiger partial charge in [-0.1, -0.05) is 38.1 Å². The van der Waals surface area contributed by atoms with E-state index in [2.05, 4.69) is 43.4 Å². The lowest BCUT2D eigenvalue weighted by Crippen LogP contribution is -2.20. The lowest BCUT2D eigenvalue weighted by atomic mass is 9.99. The number of unbranched alkanes of at least 4 members (excludes halogenated alkanes) is 1. The highest BCUT2D eigenvalue weighted by Crippen LogP contribution is 2.41. The first-order valence-corrected chi connectivity index (χ1v) is 7.56. The molecule has 0 radical (unpaired) electrons. The van der Waals surface area contributed by atoms with Crippen molar-refractivity contribution in [1.82, 2.24) is 5.32 Å². The largest absolute Gasteiger partial charge is 0.316 e. The molecular formula is C17H27N. The van der Waals surface area contributed by atoms with E-state index in [0.29, 0.717) is 0 Å². The van der Waals surface area contributed by atoms with Crippen LogP contribution in [0.2, 0.25) is 0 Å². The Hall–Kier alpha value is -0.820. The zero-order valence-corrected chi connectivity index (χ0v) is 11.9. The summed E-state index contributed by atoms with van der Waals surface area (Å²) < 4.78 is 0. The molecule has 0 amide bonds. The van der Waals surface area contributed by atoms with Gasteiger partial charge in [0, 0.05) is 0 Å². The van der Waals surface area contributed by atoms with Gasteiger partial charge in [0.05, 0.1) is 0 Å². The average Bonchev–Trinajstić information content (AvgIpc) is 3.18. The minimum Gasteiger partial charge on any atom is -0.316 e. The van der Waals surface area contributed by atoms with Crippen molar-refractivity contribution in [3.63, 3.8) is 0 Å². The molecule has 18 heavy (non-hydrogen) atoms. The Morgan fingerprint density at radius 3 is 2.67 bits per heavy atom. The van der Waals surface area contributed by atoms with E-state index in [9.17, 15) is 0 Å². The summed E-state index contributed by atoms with van der Waals surface area (Å²) >= 11 is 0. The molecule has 0 saturated heterocycles. The maximum absolute atomic E-state index is 3.52. The van der Waals surface area contributed by atoms with Gasteiger partial charge in [-0.2, -0.15) is 0 Å². The van der Waals surface area contributed by atoms with Crippen LogP contribution in [-0.4, -0.2) is 13.1 Å². The van der Waals surface area contributed by atoms with Gasteiger partial charge in [0.15, 0.2) is 0 Å². The maximum Gasteiger partial charge on any atom is -0.00258 e. The SMILES string of the molecule is CC(C)CNCCCCc1ccccc1C1CC1. The van der Waals surface area contributed by atoms with Crippen LogP contribution in [-0.2, 0) is 6.42 Å². The molecule has 1 aliphatic rings. The van der Waals surface area contributed by atoms with E-state index in [0.717, 1.165) is 18.4 Å². The third kappa shape index (κ3) is 4.45. The molecule has 0 bridgehead atoms. The van der Waals surface area contributed by atoms with Gasteiger partial charge in [0.1, 0.15) is 0 Å². The Labute approximate surface area is 112 Å². The molecule has 0 aliphatic heterocycles. The van der Waals surface area contributed by atoms with Crippen LogP contribution in [0.5, 0.6) is 0 Å². The average molecular weight is 245 g/mol. The molecule has 100 valence electrons. The van der Waals surface area contributed by atoms with Gasteiger partial charge in [0.25, 0.3) is 0 Å². The summed E-state index contributed by atoms with van der Waals surface area (Å²) in [4.78, 5) is 0. The Morgan fingerprint density at radius 2 is 1.94 bits per heavy atom. The maximum atomic E-state index is 3.52. The summed E-state index contributed by atoms with van der Waals surface area (Å²) in [5.74, 6) is 1.65. The third-order valence-corrected chi connectivity index (χ3v) is 3.67. The van der Waals surface area contributed by atoms with E-state index in [-0.39, 0.29) is 0 Å². The second kappa shape index (κ2) is 6.94. The zero-order valence-electron chi connectivity index (χ0n) is 11.9. The fourth-order valence-corrected chi connectivity index (χ4v) is 2.51. The topological polar surface area (TPSA) is 12.0 Å². The van der Waals surface area contributed by atoms with Crippen molar-refractivity contribution >= 4 is 0 Å². The standard InChI is InChI=1S/C17H27N/c1-14(2)13-18-12-6-5-8-15-7-3-4-9-17(15)16-10-11-16/h3-4,7,9,14,16,18H,5-6,8,10-13H2,1-2H3. The number of rotatable bonds is 8. The molecule has 1 saturated carbocycles. The van der Waals surface area contributed by atoms with Crippen LogP contribution in [0.4, 0.5) is 0 Å². The van der Waals surface area contributed by atoms with Gasteiger partial charge in [0.2, 0.25) is 0 Å². The molecule has 0 atom stereocenters. The van der Waals surface area contributed by atoms with Gasteiger partial charge >= 0.3 is 0 Å². The van der Waals surface area contributed by atoms with Gasteiger partial charge < -0.3 is 5.32 Å². The molecule has 1 aromatic carbocycles. The molecule has 2 rings (SSSR count). The number of hydrogen-bond donors (Lipinski definition) is 1. The first-order chi connectivity index (χ1) is 8.77. The van der Waals surface area contributed by atoms with Crippen LogP contribution in [0.15, 0.2) is 24.3 Å². The van der Waals surface area contributed by atoms with Crippen molar-refractivity contribution < 1.29 is 0 Å². The van der Waals surface area contributed by atoms with E-state index in [1.165, 1.54) is 38.6 Å². The molecular weight excluding hydrogens is 218 g/mol. The Balaban J connectivity index is 1.67. The van der Waals surface area contributed by atoms with Crippen LogP contribution in [0, 0.1) is 5.92 Å². The van der Waals surface area contributed by atoms with E-state index in [1.54, 1.807) is 11.1 Å². The van der Waals surface area contributed by atoms with Crippen molar-refractivity contribution in [2.75, 3.05) is 13.1 Å². The smallest absolute Gasteiger partial charge is 0.00258 e. The monoisotopic (exact) mass is 245 g/mol. The highest BCUT2D eigenvalue weighted by molar-refractivity contribution is 5.33. The Morgan fingerprint density at radius 1 is 1.17 bits per heavy atom. The van der Waals surface area contributed by atoms with Crippen molar-refractivity contribution in [2.24, 2.45) is 5.92 Å². The Kier molecular flexibility index (Phi) is 5.25. The van der Waals surface area contributed by atoms with Crippen LogP contribution in [0.1, 0.15) is 56.6 Å². The summed E-state index contributed by atoms with van der Waals surface area (Å²) in [6.45, 7) is 6.85. The lowest BCUT2D eigenvalue weighted by molar-refractivity contribution is 0.535. The van der Waals surface area contributed by atoms with Crippen LogP contribution < -0.4 is 5.32 Å². The van der Waals surface area contributed by atoms with E-state index in [4.69, 9.17) is 0 Å². The zero-order chi connectivity index (χ0) is 12.8. The second-order valence-electron chi connectivity index (χ2n) is 6.03. The lowest BCUT2D eigenvalue weighted by Gasteiger charge is -2.09. The summed E-state index contributed by atoms with van der Waals surface area (Å²) in [7, 11) is 0. The van der Waals surface area contributed by atoms with Crippen molar-refractivity contribution in [3.05, 3.63) is 35.4 Å². The number of aryl methyl sites for hydroxylation is 1. The molecule has 0 unspecified atom stereocenters. The van der Waals surface area contributed by atoms with Crippen molar-refractivity contribution in [3.8, 4) is 0 Å². The van der Waals surface area contributed by atoms with Gasteiger partial charge in [-0.15, -0.1) is 0 Å². The van der Waals surface area contributed by atoms with E-state index < -0.39 is 0 Å². The Bertz CT molecular complexity index is 352.